The molecule has 7 heteroatoms. The minimum Gasteiger partial charge on any atom is -0.394 e. The molecule has 2 fully saturated rings. The first-order valence-electron chi connectivity index (χ1n) is 8.72. The number of nitrogens with zero attached hydrogens (tertiary/aromatic N) is 1. The number of fused-ring (bicyclic) bond motifs is 1. The molecule has 0 radical (unpaired) electrons. The lowest BCUT2D eigenvalue weighted by molar-refractivity contribution is -0.384. The van der Waals surface area contributed by atoms with Crippen LogP contribution in [0.15, 0.2) is 35.5 Å². The van der Waals surface area contributed by atoms with E-state index >= 15 is 0 Å². The Morgan fingerprint density at radius 1 is 1.38 bits per heavy atom. The van der Waals surface area contributed by atoms with E-state index in [1.165, 1.54) is 24.3 Å². The van der Waals surface area contributed by atoms with Crippen molar-refractivity contribution in [1.82, 2.24) is 5.32 Å². The summed E-state index contributed by atoms with van der Waals surface area (Å²) in [6.07, 6.45) is -0.503. The first kappa shape index (κ1) is 18.5. The fraction of sp³-hybridized carbons (Fsp3) is 0.526. The zero-order chi connectivity index (χ0) is 19.2. The third-order valence-corrected chi connectivity index (χ3v) is 5.90. The lowest BCUT2D eigenvalue weighted by atomic mass is 9.94. The number of aliphatic hydroxyl groups is 2. The number of ketones is 1. The minimum atomic E-state index is -1.06. The Hall–Kier alpha value is -2.25. The number of hydrogen-bond donors (Lipinski definition) is 3. The Balaban J connectivity index is 1.77. The number of nitro groups is 1. The number of benzene rings is 1. The molecule has 2 aliphatic rings. The summed E-state index contributed by atoms with van der Waals surface area (Å²) in [7, 11) is 0. The van der Waals surface area contributed by atoms with Crippen molar-refractivity contribution in [3.63, 3.8) is 0 Å². The second-order valence-corrected chi connectivity index (χ2v) is 7.80. The molecular formula is C19H24N2O5. The Bertz CT molecular complexity index is 769. The molecule has 1 aromatic rings. The van der Waals surface area contributed by atoms with Gasteiger partial charge in [0.25, 0.3) is 5.69 Å². The SMILES string of the molecule is C/C(N[C@H](CO)[C@H](O)c1ccc([N+](=O)[O-])cc1)=C1\C(=O)C[C@@H]2[C@H]1C2(C)C. The van der Waals surface area contributed by atoms with Gasteiger partial charge in [-0.2, -0.15) is 0 Å². The van der Waals surface area contributed by atoms with Gasteiger partial charge in [0.15, 0.2) is 5.78 Å². The summed E-state index contributed by atoms with van der Waals surface area (Å²) in [6.45, 7) is 5.76. The van der Waals surface area contributed by atoms with Gasteiger partial charge >= 0.3 is 0 Å². The summed E-state index contributed by atoms with van der Waals surface area (Å²) < 4.78 is 0. The average Bonchev–Trinajstić information content (AvgIpc) is 2.94. The second-order valence-electron chi connectivity index (χ2n) is 7.80. The van der Waals surface area contributed by atoms with Crippen molar-refractivity contribution >= 4 is 11.5 Å². The summed E-state index contributed by atoms with van der Waals surface area (Å²) in [5.74, 6) is 0.748. The number of carbonyl (C=O) groups excluding carboxylic acids is 1. The van der Waals surface area contributed by atoms with Crippen LogP contribution in [0.25, 0.3) is 0 Å². The highest BCUT2D eigenvalue weighted by atomic mass is 16.6. The molecule has 1 aromatic carbocycles. The predicted molar refractivity (Wildman–Crippen MR) is 95.2 cm³/mol. The van der Waals surface area contributed by atoms with E-state index in [0.29, 0.717) is 23.6 Å². The zero-order valence-corrected chi connectivity index (χ0v) is 15.1. The van der Waals surface area contributed by atoms with Crippen molar-refractivity contribution in [2.45, 2.75) is 39.3 Å². The molecule has 0 heterocycles. The maximum atomic E-state index is 12.3. The number of nitrogens with one attached hydrogen (secondary N) is 1. The molecular weight excluding hydrogens is 336 g/mol. The number of rotatable bonds is 6. The van der Waals surface area contributed by atoms with Crippen LogP contribution in [-0.4, -0.2) is 33.6 Å². The molecule has 7 nitrogen and oxygen atoms in total. The normalized spacial score (nSPS) is 27.5. The maximum absolute atomic E-state index is 12.3. The van der Waals surface area contributed by atoms with E-state index in [9.17, 15) is 25.1 Å². The molecule has 3 N–H and O–H groups in total. The van der Waals surface area contributed by atoms with Crippen LogP contribution in [0.5, 0.6) is 0 Å². The van der Waals surface area contributed by atoms with Gasteiger partial charge in [0.2, 0.25) is 0 Å². The highest BCUT2D eigenvalue weighted by Gasteiger charge is 2.65. The van der Waals surface area contributed by atoms with E-state index in [-0.39, 0.29) is 29.4 Å². The van der Waals surface area contributed by atoms with Gasteiger partial charge in [-0.3, -0.25) is 14.9 Å². The number of hydrogen-bond acceptors (Lipinski definition) is 6. The highest BCUT2D eigenvalue weighted by Crippen LogP contribution is 2.68. The molecule has 2 aliphatic carbocycles. The van der Waals surface area contributed by atoms with Crippen molar-refractivity contribution < 1.29 is 19.9 Å². The van der Waals surface area contributed by atoms with Crippen molar-refractivity contribution in [2.75, 3.05) is 6.61 Å². The standard InChI is InChI=1S/C19H24N2O5/c1-10(16-15(23)8-13-17(16)19(13,2)3)20-14(9-22)18(24)11-4-6-12(7-5-11)21(25)26/h4-7,13-14,17-18,20,22,24H,8-9H2,1-3H3/b16-10-/t13-,14-,17-,18-/m1/s1. The van der Waals surface area contributed by atoms with Gasteiger partial charge in [-0.15, -0.1) is 0 Å². The van der Waals surface area contributed by atoms with Crippen LogP contribution in [0.1, 0.15) is 38.9 Å². The fourth-order valence-corrected chi connectivity index (χ4v) is 4.23. The van der Waals surface area contributed by atoms with Gasteiger partial charge in [-0.25, -0.2) is 0 Å². The largest absolute Gasteiger partial charge is 0.394 e. The van der Waals surface area contributed by atoms with Crippen molar-refractivity contribution in [3.8, 4) is 0 Å². The monoisotopic (exact) mass is 360 g/mol. The fourth-order valence-electron chi connectivity index (χ4n) is 4.23. The van der Waals surface area contributed by atoms with Gasteiger partial charge in [0.05, 0.1) is 17.6 Å². The molecule has 0 unspecified atom stereocenters. The zero-order valence-electron chi connectivity index (χ0n) is 15.1. The summed E-state index contributed by atoms with van der Waals surface area (Å²) in [5, 5.41) is 34.1. The Morgan fingerprint density at radius 2 is 2.00 bits per heavy atom. The molecule has 4 atom stereocenters. The van der Waals surface area contributed by atoms with Crippen LogP contribution in [0, 0.1) is 27.4 Å². The molecule has 3 rings (SSSR count). The average molecular weight is 360 g/mol. The van der Waals surface area contributed by atoms with E-state index < -0.39 is 17.1 Å². The second kappa shape index (κ2) is 6.48. The number of aliphatic hydroxyl groups excluding tert-OH is 2. The maximum Gasteiger partial charge on any atom is 0.269 e. The molecule has 140 valence electrons. The van der Waals surface area contributed by atoms with Crippen LogP contribution in [0.4, 0.5) is 5.69 Å². The minimum absolute atomic E-state index is 0.0636. The van der Waals surface area contributed by atoms with Crippen LogP contribution in [-0.2, 0) is 4.79 Å². The number of allylic oxidation sites excluding steroid dienone is 2. The quantitative estimate of drug-likeness (QED) is 0.407. The molecule has 0 amide bonds. The van der Waals surface area contributed by atoms with Gasteiger partial charge in [0, 0.05) is 29.8 Å². The number of Topliss-reactive ketones (excluding diaryl/α,β-unsaturated/α-hetero) is 1. The molecule has 2 saturated carbocycles. The summed E-state index contributed by atoms with van der Waals surface area (Å²) >= 11 is 0. The Kier molecular flexibility index (Phi) is 4.62. The summed E-state index contributed by atoms with van der Waals surface area (Å²) in [6, 6.07) is 4.86. The predicted octanol–water partition coefficient (Wildman–Crippen LogP) is 2.10. The molecule has 0 saturated heterocycles. The first-order valence-corrected chi connectivity index (χ1v) is 8.72. The van der Waals surface area contributed by atoms with Crippen LogP contribution in [0.2, 0.25) is 0 Å². The van der Waals surface area contributed by atoms with Crippen LogP contribution < -0.4 is 5.32 Å². The third kappa shape index (κ3) is 3.01. The van der Waals surface area contributed by atoms with Crippen molar-refractivity contribution in [1.29, 1.82) is 0 Å². The Morgan fingerprint density at radius 3 is 2.50 bits per heavy atom. The smallest absolute Gasteiger partial charge is 0.269 e. The number of non-ortho nitro benzene ring substituents is 1. The Labute approximate surface area is 151 Å². The van der Waals surface area contributed by atoms with Gasteiger partial charge in [-0.05, 0) is 41.9 Å². The van der Waals surface area contributed by atoms with Gasteiger partial charge in [0.1, 0.15) is 6.10 Å². The lowest BCUT2D eigenvalue weighted by Crippen LogP contribution is -2.38. The topological polar surface area (TPSA) is 113 Å². The molecule has 26 heavy (non-hydrogen) atoms. The number of nitro benzene ring substituents is 1. The van der Waals surface area contributed by atoms with Crippen molar-refractivity contribution in [2.24, 2.45) is 17.3 Å². The van der Waals surface area contributed by atoms with E-state index in [2.05, 4.69) is 19.2 Å². The van der Waals surface area contributed by atoms with E-state index in [0.717, 1.165) is 5.57 Å². The summed E-state index contributed by atoms with van der Waals surface area (Å²) in [5.41, 5.74) is 1.98. The van der Waals surface area contributed by atoms with Gasteiger partial charge in [-0.1, -0.05) is 13.8 Å². The van der Waals surface area contributed by atoms with Gasteiger partial charge < -0.3 is 15.5 Å². The van der Waals surface area contributed by atoms with Crippen molar-refractivity contribution in [3.05, 3.63) is 51.2 Å². The van der Waals surface area contributed by atoms with Crippen LogP contribution in [0.3, 0.4) is 0 Å². The molecule has 0 aliphatic heterocycles. The third-order valence-electron chi connectivity index (χ3n) is 5.90. The van der Waals surface area contributed by atoms with E-state index in [1.54, 1.807) is 6.92 Å². The van der Waals surface area contributed by atoms with E-state index in [4.69, 9.17) is 0 Å². The molecule has 0 aromatic heterocycles. The van der Waals surface area contributed by atoms with E-state index in [1.807, 2.05) is 0 Å². The number of carbonyl (C=O) groups is 1. The molecule has 0 bridgehead atoms. The van der Waals surface area contributed by atoms with Crippen LogP contribution >= 0.6 is 0 Å². The molecule has 0 spiro atoms. The first-order chi connectivity index (χ1) is 12.2. The lowest BCUT2D eigenvalue weighted by Gasteiger charge is -2.25. The highest BCUT2D eigenvalue weighted by molar-refractivity contribution is 6.01. The summed E-state index contributed by atoms with van der Waals surface area (Å²) in [4.78, 5) is 22.5.